The summed E-state index contributed by atoms with van der Waals surface area (Å²) in [6, 6.07) is 15.1. The molecular formula is C22H22N4O. The van der Waals surface area contributed by atoms with E-state index >= 15 is 0 Å². The molecule has 0 saturated heterocycles. The first-order chi connectivity index (χ1) is 13.3. The third-order valence-corrected chi connectivity index (χ3v) is 4.88. The van der Waals surface area contributed by atoms with E-state index in [1.165, 1.54) is 12.8 Å². The van der Waals surface area contributed by atoms with Gasteiger partial charge in [-0.15, -0.1) is 0 Å². The molecule has 2 heterocycles. The van der Waals surface area contributed by atoms with Crippen LogP contribution < -0.4 is 5.43 Å². The third kappa shape index (κ3) is 4.03. The number of fused-ring (bicyclic) bond motifs is 1. The van der Waals surface area contributed by atoms with Crippen LogP contribution in [0.25, 0.3) is 22.3 Å². The fourth-order valence-electron chi connectivity index (χ4n) is 3.45. The zero-order valence-corrected chi connectivity index (χ0v) is 15.2. The zero-order chi connectivity index (χ0) is 18.5. The van der Waals surface area contributed by atoms with Crippen molar-refractivity contribution in [3.8, 4) is 11.4 Å². The maximum Gasteiger partial charge on any atom is 0.272 e. The minimum absolute atomic E-state index is 0.206. The van der Waals surface area contributed by atoms with Gasteiger partial charge in [-0.3, -0.25) is 9.78 Å². The fraction of sp³-hybridized carbons (Fsp3) is 0.273. The summed E-state index contributed by atoms with van der Waals surface area (Å²) in [5.41, 5.74) is 6.62. The summed E-state index contributed by atoms with van der Waals surface area (Å²) in [4.78, 5) is 21.9. The lowest BCUT2D eigenvalue weighted by Gasteiger charge is -2.09. The highest BCUT2D eigenvalue weighted by atomic mass is 16.2. The van der Waals surface area contributed by atoms with E-state index in [1.807, 2.05) is 42.5 Å². The number of pyridine rings is 2. The van der Waals surface area contributed by atoms with E-state index in [2.05, 4.69) is 20.5 Å². The maximum absolute atomic E-state index is 12.9. The van der Waals surface area contributed by atoms with E-state index < -0.39 is 0 Å². The molecule has 1 aromatic carbocycles. The van der Waals surface area contributed by atoms with Crippen LogP contribution in [0.15, 0.2) is 59.8 Å². The molecule has 1 amide bonds. The van der Waals surface area contributed by atoms with Gasteiger partial charge in [0.05, 0.1) is 22.5 Å². The highest BCUT2D eigenvalue weighted by Crippen LogP contribution is 2.23. The lowest BCUT2D eigenvalue weighted by molar-refractivity contribution is 0.0956. The number of hydrogen-bond acceptors (Lipinski definition) is 4. The smallest absolute Gasteiger partial charge is 0.267 e. The van der Waals surface area contributed by atoms with Crippen LogP contribution in [0.3, 0.4) is 0 Å². The van der Waals surface area contributed by atoms with Crippen molar-refractivity contribution < 1.29 is 4.79 Å². The van der Waals surface area contributed by atoms with Crippen LogP contribution in [-0.4, -0.2) is 21.6 Å². The van der Waals surface area contributed by atoms with Gasteiger partial charge in [0, 0.05) is 17.3 Å². The Kier molecular flexibility index (Phi) is 5.19. The van der Waals surface area contributed by atoms with Gasteiger partial charge in [0.2, 0.25) is 0 Å². The van der Waals surface area contributed by atoms with Crippen molar-refractivity contribution in [3.63, 3.8) is 0 Å². The lowest BCUT2D eigenvalue weighted by atomic mass is 10.1. The largest absolute Gasteiger partial charge is 0.272 e. The highest BCUT2D eigenvalue weighted by molar-refractivity contribution is 6.07. The first kappa shape index (κ1) is 17.3. The maximum atomic E-state index is 12.9. The lowest BCUT2D eigenvalue weighted by Crippen LogP contribution is -2.20. The Balaban J connectivity index is 1.69. The molecule has 5 nitrogen and oxygen atoms in total. The van der Waals surface area contributed by atoms with E-state index in [1.54, 1.807) is 12.3 Å². The van der Waals surface area contributed by atoms with Crippen molar-refractivity contribution in [2.75, 3.05) is 0 Å². The number of carbonyl (C=O) groups is 1. The molecule has 2 aromatic heterocycles. The van der Waals surface area contributed by atoms with Crippen molar-refractivity contribution in [3.05, 3.63) is 60.3 Å². The second kappa shape index (κ2) is 8.08. The second-order valence-corrected chi connectivity index (χ2v) is 6.82. The number of benzene rings is 1. The third-order valence-electron chi connectivity index (χ3n) is 4.88. The number of aromatic nitrogens is 2. The zero-order valence-electron chi connectivity index (χ0n) is 15.2. The molecule has 0 aliphatic heterocycles. The van der Waals surface area contributed by atoms with Crippen LogP contribution in [-0.2, 0) is 0 Å². The monoisotopic (exact) mass is 358 g/mol. The molecule has 27 heavy (non-hydrogen) atoms. The topological polar surface area (TPSA) is 67.2 Å². The molecule has 1 saturated carbocycles. The molecule has 4 rings (SSSR count). The molecule has 1 N–H and O–H groups in total. The standard InChI is InChI=1S/C22H22N4O/c27-22(26-25-16-9-3-1-2-4-10-16)18-15-21(20-13-7-8-14-23-20)24-19-12-6-5-11-17(18)19/h5-8,11-15H,1-4,9-10H2,(H,26,27). The Morgan fingerprint density at radius 3 is 2.48 bits per heavy atom. The quantitative estimate of drug-likeness (QED) is 0.543. The van der Waals surface area contributed by atoms with Crippen molar-refractivity contribution in [2.45, 2.75) is 38.5 Å². The average Bonchev–Trinajstić information content (AvgIpc) is 3.01. The van der Waals surface area contributed by atoms with Crippen LogP contribution in [0, 0.1) is 0 Å². The number of rotatable bonds is 3. The van der Waals surface area contributed by atoms with Gasteiger partial charge < -0.3 is 0 Å². The predicted molar refractivity (Wildman–Crippen MR) is 108 cm³/mol. The van der Waals surface area contributed by atoms with Crippen molar-refractivity contribution in [1.29, 1.82) is 0 Å². The Bertz CT molecular complexity index is 972. The van der Waals surface area contributed by atoms with Crippen LogP contribution in [0.5, 0.6) is 0 Å². The minimum atomic E-state index is -0.206. The summed E-state index contributed by atoms with van der Waals surface area (Å²) in [7, 11) is 0. The summed E-state index contributed by atoms with van der Waals surface area (Å²) < 4.78 is 0. The molecule has 0 spiro atoms. The van der Waals surface area contributed by atoms with Gasteiger partial charge in [-0.1, -0.05) is 37.1 Å². The van der Waals surface area contributed by atoms with Crippen LogP contribution in [0.2, 0.25) is 0 Å². The van der Waals surface area contributed by atoms with E-state index in [9.17, 15) is 4.79 Å². The second-order valence-electron chi connectivity index (χ2n) is 6.82. The fourth-order valence-corrected chi connectivity index (χ4v) is 3.45. The normalized spacial score (nSPS) is 14.6. The van der Waals surface area contributed by atoms with Gasteiger partial charge in [0.15, 0.2) is 0 Å². The number of nitrogens with zero attached hydrogens (tertiary/aromatic N) is 3. The average molecular weight is 358 g/mol. The Hall–Kier alpha value is -3.08. The van der Waals surface area contributed by atoms with Gasteiger partial charge in [-0.05, 0) is 49.9 Å². The van der Waals surface area contributed by atoms with Gasteiger partial charge in [-0.25, -0.2) is 10.4 Å². The summed E-state index contributed by atoms with van der Waals surface area (Å²) in [6.45, 7) is 0. The van der Waals surface area contributed by atoms with E-state index in [-0.39, 0.29) is 5.91 Å². The van der Waals surface area contributed by atoms with Crippen molar-refractivity contribution in [2.24, 2.45) is 5.10 Å². The van der Waals surface area contributed by atoms with Crippen LogP contribution in [0.1, 0.15) is 48.9 Å². The van der Waals surface area contributed by atoms with Crippen molar-refractivity contribution >= 4 is 22.5 Å². The Morgan fingerprint density at radius 1 is 0.926 bits per heavy atom. The van der Waals surface area contributed by atoms with Crippen LogP contribution >= 0.6 is 0 Å². The van der Waals surface area contributed by atoms with E-state index in [4.69, 9.17) is 0 Å². The van der Waals surface area contributed by atoms with Crippen molar-refractivity contribution in [1.82, 2.24) is 15.4 Å². The van der Waals surface area contributed by atoms with Gasteiger partial charge in [0.1, 0.15) is 0 Å². The highest BCUT2D eigenvalue weighted by Gasteiger charge is 2.14. The number of carbonyl (C=O) groups excluding carboxylic acids is 1. The van der Waals surface area contributed by atoms with Gasteiger partial charge in [0.25, 0.3) is 5.91 Å². The SMILES string of the molecule is O=C(NN=C1CCCCCC1)c1cc(-c2ccccn2)nc2ccccc12. The summed E-state index contributed by atoms with van der Waals surface area (Å²) in [5, 5.41) is 5.23. The van der Waals surface area contributed by atoms with Gasteiger partial charge >= 0.3 is 0 Å². The first-order valence-electron chi connectivity index (χ1n) is 9.48. The molecule has 1 aliphatic rings. The molecule has 1 aliphatic carbocycles. The number of hydrazone groups is 1. The molecule has 0 bridgehead atoms. The Morgan fingerprint density at radius 2 is 1.70 bits per heavy atom. The summed E-state index contributed by atoms with van der Waals surface area (Å²) in [6.07, 6.45) is 8.45. The molecule has 0 radical (unpaired) electrons. The predicted octanol–water partition coefficient (Wildman–Crippen LogP) is 4.74. The molecule has 3 aromatic rings. The molecular weight excluding hydrogens is 336 g/mol. The summed E-state index contributed by atoms with van der Waals surface area (Å²) >= 11 is 0. The molecule has 5 heteroatoms. The minimum Gasteiger partial charge on any atom is -0.267 e. The van der Waals surface area contributed by atoms with Gasteiger partial charge in [-0.2, -0.15) is 5.10 Å². The number of hydrogen-bond donors (Lipinski definition) is 1. The molecule has 1 fully saturated rings. The number of para-hydroxylation sites is 1. The van der Waals surface area contributed by atoms with E-state index in [0.717, 1.165) is 48.0 Å². The van der Waals surface area contributed by atoms with Crippen LogP contribution in [0.4, 0.5) is 0 Å². The molecule has 0 atom stereocenters. The molecule has 0 unspecified atom stereocenters. The first-order valence-corrected chi connectivity index (χ1v) is 9.48. The Labute approximate surface area is 158 Å². The molecule has 136 valence electrons. The van der Waals surface area contributed by atoms with E-state index in [0.29, 0.717) is 11.3 Å². The number of nitrogens with one attached hydrogen (secondary N) is 1. The number of amides is 1. The summed E-state index contributed by atoms with van der Waals surface area (Å²) in [5.74, 6) is -0.206.